The van der Waals surface area contributed by atoms with Crippen molar-refractivity contribution >= 4 is 5.69 Å². The molecule has 110 valence electrons. The molecule has 0 bridgehead atoms. The predicted octanol–water partition coefficient (Wildman–Crippen LogP) is 2.77. The van der Waals surface area contributed by atoms with E-state index in [0.717, 1.165) is 12.1 Å². The Kier molecular flexibility index (Phi) is 3.18. The van der Waals surface area contributed by atoms with Gasteiger partial charge in [-0.25, -0.2) is 8.78 Å². The van der Waals surface area contributed by atoms with E-state index in [0.29, 0.717) is 17.0 Å². The molecular weight excluding hydrogens is 288 g/mol. The SMILES string of the molecule is N#CC1=C(N)Oc2cc(N)ccc2[C@H]1c1ccc(F)cc1F. The Balaban J connectivity index is 2.26. The highest BCUT2D eigenvalue weighted by Crippen LogP contribution is 2.43. The van der Waals surface area contributed by atoms with E-state index in [1.54, 1.807) is 18.2 Å². The number of benzene rings is 2. The van der Waals surface area contributed by atoms with Crippen molar-refractivity contribution in [3.8, 4) is 11.8 Å². The molecule has 22 heavy (non-hydrogen) atoms. The van der Waals surface area contributed by atoms with Crippen LogP contribution in [-0.4, -0.2) is 0 Å². The molecule has 3 rings (SSSR count). The Morgan fingerprint density at radius 2 is 1.77 bits per heavy atom. The molecule has 0 unspecified atom stereocenters. The predicted molar refractivity (Wildman–Crippen MR) is 76.5 cm³/mol. The molecular formula is C16H11F2N3O. The number of nitriles is 1. The number of nitrogens with two attached hydrogens (primary N) is 2. The summed E-state index contributed by atoms with van der Waals surface area (Å²) in [5.41, 5.74) is 12.7. The smallest absolute Gasteiger partial charge is 0.205 e. The van der Waals surface area contributed by atoms with Crippen molar-refractivity contribution in [3.05, 3.63) is 70.6 Å². The second-order valence-electron chi connectivity index (χ2n) is 4.89. The lowest BCUT2D eigenvalue weighted by molar-refractivity contribution is 0.392. The molecule has 2 aromatic carbocycles. The summed E-state index contributed by atoms with van der Waals surface area (Å²) in [5, 5.41) is 9.33. The highest BCUT2D eigenvalue weighted by atomic mass is 19.1. The number of ether oxygens (including phenoxy) is 1. The van der Waals surface area contributed by atoms with Crippen LogP contribution in [0.15, 0.2) is 47.9 Å². The number of nitrogens with zero attached hydrogens (tertiary/aromatic N) is 1. The maximum absolute atomic E-state index is 14.2. The van der Waals surface area contributed by atoms with Crippen LogP contribution < -0.4 is 16.2 Å². The zero-order valence-electron chi connectivity index (χ0n) is 11.3. The summed E-state index contributed by atoms with van der Waals surface area (Å²) in [6.07, 6.45) is 0. The molecule has 6 heteroatoms. The van der Waals surface area contributed by atoms with Crippen LogP contribution in [0.4, 0.5) is 14.5 Å². The largest absolute Gasteiger partial charge is 0.440 e. The highest BCUT2D eigenvalue weighted by Gasteiger charge is 2.32. The third kappa shape index (κ3) is 2.13. The molecule has 0 fully saturated rings. The second kappa shape index (κ2) is 5.04. The summed E-state index contributed by atoms with van der Waals surface area (Å²) in [7, 11) is 0. The lowest BCUT2D eigenvalue weighted by Crippen LogP contribution is -2.21. The van der Waals surface area contributed by atoms with Gasteiger partial charge in [0.2, 0.25) is 5.88 Å². The molecule has 0 radical (unpaired) electrons. The standard InChI is InChI=1S/C16H11F2N3O/c17-8-1-3-10(13(18)5-8)15-11-4-2-9(20)6-14(11)22-16(21)12(15)7-19/h1-6,15H,20-21H2/t15-/m1/s1. The number of fused-ring (bicyclic) bond motifs is 1. The van der Waals surface area contributed by atoms with Crippen molar-refractivity contribution in [2.75, 3.05) is 5.73 Å². The first-order chi connectivity index (χ1) is 10.5. The van der Waals surface area contributed by atoms with Crippen molar-refractivity contribution in [2.24, 2.45) is 5.73 Å². The van der Waals surface area contributed by atoms with Gasteiger partial charge in [0, 0.05) is 28.9 Å². The number of halogens is 2. The first-order valence-corrected chi connectivity index (χ1v) is 6.43. The van der Waals surface area contributed by atoms with Crippen LogP contribution in [-0.2, 0) is 0 Å². The summed E-state index contributed by atoms with van der Waals surface area (Å²) < 4.78 is 32.7. The molecule has 0 saturated heterocycles. The molecule has 4 nitrogen and oxygen atoms in total. The van der Waals surface area contributed by atoms with Crippen molar-refractivity contribution < 1.29 is 13.5 Å². The molecule has 4 N–H and O–H groups in total. The van der Waals surface area contributed by atoms with E-state index >= 15 is 0 Å². The van der Waals surface area contributed by atoms with Crippen LogP contribution in [0.3, 0.4) is 0 Å². The van der Waals surface area contributed by atoms with Gasteiger partial charge in [-0.15, -0.1) is 0 Å². The van der Waals surface area contributed by atoms with Crippen LogP contribution in [0.5, 0.6) is 5.75 Å². The Morgan fingerprint density at radius 3 is 2.45 bits per heavy atom. The fourth-order valence-corrected chi connectivity index (χ4v) is 2.53. The van der Waals surface area contributed by atoms with E-state index in [1.807, 2.05) is 6.07 Å². The zero-order valence-corrected chi connectivity index (χ0v) is 11.3. The molecule has 1 aliphatic rings. The van der Waals surface area contributed by atoms with Crippen LogP contribution in [0.25, 0.3) is 0 Å². The molecule has 0 aromatic heterocycles. The molecule has 1 aliphatic heterocycles. The van der Waals surface area contributed by atoms with Gasteiger partial charge in [-0.3, -0.25) is 0 Å². The maximum atomic E-state index is 14.2. The number of anilines is 1. The summed E-state index contributed by atoms with van der Waals surface area (Å²) in [5.74, 6) is -1.98. The normalized spacial score (nSPS) is 16.7. The number of rotatable bonds is 1. The summed E-state index contributed by atoms with van der Waals surface area (Å²) >= 11 is 0. The van der Waals surface area contributed by atoms with Gasteiger partial charge in [0.1, 0.15) is 29.0 Å². The van der Waals surface area contributed by atoms with E-state index in [2.05, 4.69) is 0 Å². The number of nitrogen functional groups attached to an aromatic ring is 1. The molecule has 2 aromatic rings. The molecule has 0 aliphatic carbocycles. The van der Waals surface area contributed by atoms with Crippen LogP contribution in [0.1, 0.15) is 17.0 Å². The summed E-state index contributed by atoms with van der Waals surface area (Å²) in [6.45, 7) is 0. The minimum absolute atomic E-state index is 0.0720. The van der Waals surface area contributed by atoms with Crippen LogP contribution in [0, 0.1) is 23.0 Å². The van der Waals surface area contributed by atoms with E-state index in [-0.39, 0.29) is 17.0 Å². The van der Waals surface area contributed by atoms with Gasteiger partial charge < -0.3 is 16.2 Å². The van der Waals surface area contributed by atoms with Gasteiger partial charge in [-0.2, -0.15) is 5.26 Å². The minimum Gasteiger partial charge on any atom is -0.440 e. The first-order valence-electron chi connectivity index (χ1n) is 6.43. The number of allylic oxidation sites excluding steroid dienone is 1. The Morgan fingerprint density at radius 1 is 1.05 bits per heavy atom. The summed E-state index contributed by atoms with van der Waals surface area (Å²) in [4.78, 5) is 0. The lowest BCUT2D eigenvalue weighted by Gasteiger charge is -2.26. The molecule has 1 atom stereocenters. The average Bonchev–Trinajstić information content (AvgIpc) is 2.46. The second-order valence-corrected chi connectivity index (χ2v) is 4.89. The number of hydrogen-bond acceptors (Lipinski definition) is 4. The van der Waals surface area contributed by atoms with Gasteiger partial charge in [0.25, 0.3) is 0 Å². The Hall–Kier alpha value is -3.07. The molecule has 0 amide bonds. The lowest BCUT2D eigenvalue weighted by atomic mass is 9.83. The van der Waals surface area contributed by atoms with Gasteiger partial charge in [-0.1, -0.05) is 12.1 Å². The van der Waals surface area contributed by atoms with E-state index in [9.17, 15) is 14.0 Å². The zero-order chi connectivity index (χ0) is 15.9. The van der Waals surface area contributed by atoms with Crippen molar-refractivity contribution in [1.29, 1.82) is 5.26 Å². The van der Waals surface area contributed by atoms with Gasteiger partial charge in [0.05, 0.1) is 5.92 Å². The fourth-order valence-electron chi connectivity index (χ4n) is 2.53. The number of hydrogen-bond donors (Lipinski definition) is 2. The average molecular weight is 299 g/mol. The van der Waals surface area contributed by atoms with E-state index in [4.69, 9.17) is 16.2 Å². The van der Waals surface area contributed by atoms with Crippen LogP contribution >= 0.6 is 0 Å². The Labute approximate surface area is 125 Å². The van der Waals surface area contributed by atoms with E-state index < -0.39 is 17.6 Å². The summed E-state index contributed by atoms with van der Waals surface area (Å²) in [6, 6.07) is 9.95. The van der Waals surface area contributed by atoms with Gasteiger partial charge in [0.15, 0.2) is 0 Å². The van der Waals surface area contributed by atoms with Crippen molar-refractivity contribution in [3.63, 3.8) is 0 Å². The third-order valence-corrected chi connectivity index (χ3v) is 3.52. The van der Waals surface area contributed by atoms with Crippen LogP contribution in [0.2, 0.25) is 0 Å². The van der Waals surface area contributed by atoms with Crippen molar-refractivity contribution in [2.45, 2.75) is 5.92 Å². The minimum atomic E-state index is -0.769. The third-order valence-electron chi connectivity index (χ3n) is 3.52. The fraction of sp³-hybridized carbons (Fsp3) is 0.0625. The van der Waals surface area contributed by atoms with Crippen molar-refractivity contribution in [1.82, 2.24) is 0 Å². The topological polar surface area (TPSA) is 85.1 Å². The molecule has 0 saturated carbocycles. The Bertz CT molecular complexity index is 840. The monoisotopic (exact) mass is 299 g/mol. The maximum Gasteiger partial charge on any atom is 0.205 e. The highest BCUT2D eigenvalue weighted by molar-refractivity contribution is 5.59. The first kappa shape index (κ1) is 13.9. The van der Waals surface area contributed by atoms with E-state index in [1.165, 1.54) is 6.07 Å². The molecule has 0 spiro atoms. The quantitative estimate of drug-likeness (QED) is 0.793. The van der Waals surface area contributed by atoms with Gasteiger partial charge in [-0.05, 0) is 12.1 Å². The molecule has 1 heterocycles. The van der Waals surface area contributed by atoms with Gasteiger partial charge >= 0.3 is 0 Å².